The van der Waals surface area contributed by atoms with Gasteiger partial charge < -0.3 is 20.3 Å². The zero-order valence-electron chi connectivity index (χ0n) is 12.5. The molecule has 7 nitrogen and oxygen atoms in total. The Morgan fingerprint density at radius 2 is 1.81 bits per heavy atom. The van der Waals surface area contributed by atoms with Crippen molar-refractivity contribution in [2.24, 2.45) is 11.1 Å². The Balaban J connectivity index is 0.00000400. The summed E-state index contributed by atoms with van der Waals surface area (Å²) in [7, 11) is 2.84. The number of aliphatic hydroxyl groups is 1. The number of rotatable bonds is 6. The maximum absolute atomic E-state index is 11.2. The predicted molar refractivity (Wildman–Crippen MR) is 81.2 cm³/mol. The molecule has 0 aliphatic heterocycles. The maximum atomic E-state index is 11.2. The van der Waals surface area contributed by atoms with Crippen molar-refractivity contribution in [3.63, 3.8) is 0 Å². The van der Waals surface area contributed by atoms with Crippen LogP contribution in [0, 0.1) is 15.5 Å². The fourth-order valence-corrected chi connectivity index (χ4v) is 1.81. The summed E-state index contributed by atoms with van der Waals surface area (Å²) in [6, 6.07) is 2.05. The third-order valence-corrected chi connectivity index (χ3v) is 3.31. The van der Waals surface area contributed by atoms with E-state index in [1.54, 1.807) is 13.8 Å². The Kier molecular flexibility index (Phi) is 6.89. The van der Waals surface area contributed by atoms with E-state index in [1.807, 2.05) is 0 Å². The molecule has 0 saturated heterocycles. The van der Waals surface area contributed by atoms with Gasteiger partial charge in [-0.05, 0) is 6.07 Å². The monoisotopic (exact) mass is 320 g/mol. The number of nitro groups is 1. The van der Waals surface area contributed by atoms with E-state index in [1.165, 1.54) is 26.4 Å². The van der Waals surface area contributed by atoms with Gasteiger partial charge in [-0.15, -0.1) is 12.4 Å². The number of hydrogen-bond donors (Lipinski definition) is 2. The van der Waals surface area contributed by atoms with Crippen molar-refractivity contribution in [1.29, 1.82) is 0 Å². The normalized spacial score (nSPS) is 12.3. The van der Waals surface area contributed by atoms with Crippen LogP contribution in [-0.4, -0.2) is 30.9 Å². The fourth-order valence-electron chi connectivity index (χ4n) is 1.81. The quantitative estimate of drug-likeness (QED) is 0.613. The molecule has 21 heavy (non-hydrogen) atoms. The molecule has 0 heterocycles. The summed E-state index contributed by atoms with van der Waals surface area (Å²) in [5.41, 5.74) is 5.51. The molecule has 0 unspecified atom stereocenters. The van der Waals surface area contributed by atoms with E-state index < -0.39 is 16.4 Å². The van der Waals surface area contributed by atoms with Crippen LogP contribution in [0.1, 0.15) is 25.5 Å². The SMILES string of the molecule is COc1cc([C@@H](N)C(C)(C)CO)c([N+](=O)[O-])cc1OC.Cl. The lowest BCUT2D eigenvalue weighted by atomic mass is 9.81. The van der Waals surface area contributed by atoms with Gasteiger partial charge in [0.1, 0.15) is 0 Å². The molecular weight excluding hydrogens is 300 g/mol. The fraction of sp³-hybridized carbons (Fsp3) is 0.538. The predicted octanol–water partition coefficient (Wildman–Crippen LogP) is 2.05. The molecule has 0 aliphatic rings. The highest BCUT2D eigenvalue weighted by atomic mass is 35.5. The van der Waals surface area contributed by atoms with Crippen molar-refractivity contribution in [3.05, 3.63) is 27.8 Å². The van der Waals surface area contributed by atoms with E-state index in [0.29, 0.717) is 11.3 Å². The van der Waals surface area contributed by atoms with Crippen molar-refractivity contribution in [1.82, 2.24) is 0 Å². The molecule has 0 radical (unpaired) electrons. The number of halogens is 1. The molecule has 120 valence electrons. The Bertz CT molecular complexity index is 508. The molecule has 0 amide bonds. The van der Waals surface area contributed by atoms with Crippen LogP contribution in [0.3, 0.4) is 0 Å². The topological polar surface area (TPSA) is 108 Å². The standard InChI is InChI=1S/C13H20N2O5.ClH/c1-13(2,7-16)12(14)8-5-10(19-3)11(20-4)6-9(8)15(17)18;/h5-6,12,16H,7,14H2,1-4H3;1H/t12-;/m1./s1. The minimum absolute atomic E-state index is 0. The van der Waals surface area contributed by atoms with E-state index in [4.69, 9.17) is 15.2 Å². The Morgan fingerprint density at radius 1 is 1.33 bits per heavy atom. The van der Waals surface area contributed by atoms with Gasteiger partial charge in [-0.25, -0.2) is 0 Å². The number of nitro benzene ring substituents is 1. The summed E-state index contributed by atoms with van der Waals surface area (Å²) in [6.45, 7) is 3.27. The van der Waals surface area contributed by atoms with Crippen molar-refractivity contribution in [3.8, 4) is 11.5 Å². The molecule has 1 atom stereocenters. The van der Waals surface area contributed by atoms with Crippen LogP contribution in [0.25, 0.3) is 0 Å². The second-order valence-electron chi connectivity index (χ2n) is 5.15. The van der Waals surface area contributed by atoms with E-state index in [0.717, 1.165) is 0 Å². The summed E-state index contributed by atoms with van der Waals surface area (Å²) in [5, 5.41) is 20.6. The van der Waals surface area contributed by atoms with Crippen LogP contribution < -0.4 is 15.2 Å². The lowest BCUT2D eigenvalue weighted by Crippen LogP contribution is -2.32. The third kappa shape index (κ3) is 3.96. The van der Waals surface area contributed by atoms with Crippen LogP contribution in [0.15, 0.2) is 12.1 Å². The lowest BCUT2D eigenvalue weighted by Gasteiger charge is -2.29. The second kappa shape index (κ2) is 7.44. The van der Waals surface area contributed by atoms with Gasteiger partial charge in [0.2, 0.25) is 0 Å². The minimum Gasteiger partial charge on any atom is -0.493 e. The van der Waals surface area contributed by atoms with Crippen LogP contribution in [-0.2, 0) is 0 Å². The molecule has 1 rings (SSSR count). The van der Waals surface area contributed by atoms with E-state index >= 15 is 0 Å². The molecule has 0 saturated carbocycles. The molecule has 3 N–H and O–H groups in total. The average Bonchev–Trinajstić information content (AvgIpc) is 2.44. The molecular formula is C13H21ClN2O5. The number of benzene rings is 1. The van der Waals surface area contributed by atoms with Crippen LogP contribution in [0.2, 0.25) is 0 Å². The molecule has 1 aromatic carbocycles. The van der Waals surface area contributed by atoms with E-state index in [9.17, 15) is 15.2 Å². The second-order valence-corrected chi connectivity index (χ2v) is 5.15. The zero-order chi connectivity index (χ0) is 15.5. The van der Waals surface area contributed by atoms with Crippen LogP contribution >= 0.6 is 12.4 Å². The first-order chi connectivity index (χ1) is 9.28. The zero-order valence-corrected chi connectivity index (χ0v) is 13.3. The number of nitrogens with zero attached hydrogens (tertiary/aromatic N) is 1. The van der Waals surface area contributed by atoms with Gasteiger partial charge in [0.05, 0.1) is 30.8 Å². The Morgan fingerprint density at radius 3 is 2.19 bits per heavy atom. The molecule has 0 aliphatic carbocycles. The highest BCUT2D eigenvalue weighted by Crippen LogP contribution is 2.41. The average molecular weight is 321 g/mol. The lowest BCUT2D eigenvalue weighted by molar-refractivity contribution is -0.386. The number of ether oxygens (including phenoxy) is 2. The number of aliphatic hydroxyl groups excluding tert-OH is 1. The van der Waals surface area contributed by atoms with E-state index in [2.05, 4.69) is 0 Å². The van der Waals surface area contributed by atoms with Gasteiger partial charge in [-0.1, -0.05) is 13.8 Å². The first-order valence-corrected chi connectivity index (χ1v) is 6.05. The van der Waals surface area contributed by atoms with E-state index in [-0.39, 0.29) is 30.5 Å². The van der Waals surface area contributed by atoms with Crippen molar-refractivity contribution >= 4 is 18.1 Å². The minimum atomic E-state index is -0.715. The molecule has 0 fully saturated rings. The Labute approximate surface area is 129 Å². The summed E-state index contributed by atoms with van der Waals surface area (Å²) < 4.78 is 10.2. The van der Waals surface area contributed by atoms with Gasteiger partial charge in [0.25, 0.3) is 5.69 Å². The van der Waals surface area contributed by atoms with Crippen LogP contribution in [0.5, 0.6) is 11.5 Å². The highest BCUT2D eigenvalue weighted by molar-refractivity contribution is 5.85. The molecule has 0 aromatic heterocycles. The number of hydrogen-bond acceptors (Lipinski definition) is 6. The highest BCUT2D eigenvalue weighted by Gasteiger charge is 2.33. The third-order valence-electron chi connectivity index (χ3n) is 3.31. The van der Waals surface area contributed by atoms with Crippen molar-refractivity contribution < 1.29 is 19.5 Å². The van der Waals surface area contributed by atoms with Gasteiger partial charge in [0.15, 0.2) is 11.5 Å². The summed E-state index contributed by atoms with van der Waals surface area (Å²) in [4.78, 5) is 10.7. The van der Waals surface area contributed by atoms with Gasteiger partial charge in [-0.3, -0.25) is 10.1 Å². The first kappa shape index (κ1) is 19.4. The Hall–Kier alpha value is -1.57. The number of methoxy groups -OCH3 is 2. The molecule has 0 bridgehead atoms. The largest absolute Gasteiger partial charge is 0.493 e. The van der Waals surface area contributed by atoms with Crippen LogP contribution in [0.4, 0.5) is 5.69 Å². The maximum Gasteiger partial charge on any atom is 0.278 e. The summed E-state index contributed by atoms with van der Waals surface area (Å²) >= 11 is 0. The number of nitrogens with two attached hydrogens (primary N) is 1. The van der Waals surface area contributed by atoms with Crippen molar-refractivity contribution in [2.45, 2.75) is 19.9 Å². The molecule has 0 spiro atoms. The molecule has 1 aromatic rings. The smallest absolute Gasteiger partial charge is 0.278 e. The van der Waals surface area contributed by atoms with Gasteiger partial charge >= 0.3 is 0 Å². The first-order valence-electron chi connectivity index (χ1n) is 6.05. The van der Waals surface area contributed by atoms with Gasteiger partial charge in [-0.2, -0.15) is 0 Å². The molecule has 8 heteroatoms. The van der Waals surface area contributed by atoms with Crippen molar-refractivity contribution in [2.75, 3.05) is 20.8 Å². The van der Waals surface area contributed by atoms with Gasteiger partial charge in [0, 0.05) is 18.1 Å². The summed E-state index contributed by atoms with van der Waals surface area (Å²) in [6.07, 6.45) is 0. The summed E-state index contributed by atoms with van der Waals surface area (Å²) in [5.74, 6) is 0.620.